The Balaban J connectivity index is 2.14. The first-order valence-corrected chi connectivity index (χ1v) is 7.42. The molecule has 1 fully saturated rings. The summed E-state index contributed by atoms with van der Waals surface area (Å²) in [5, 5.41) is 11.9. The molecule has 1 aromatic rings. The summed E-state index contributed by atoms with van der Waals surface area (Å²) >= 11 is 0. The molecule has 122 valence electrons. The van der Waals surface area contributed by atoms with E-state index >= 15 is 0 Å². The maximum Gasteiger partial charge on any atom is 0.170 e. The van der Waals surface area contributed by atoms with Crippen LogP contribution in [0.5, 0.6) is 5.75 Å². The Morgan fingerprint density at radius 1 is 1.50 bits per heavy atom. The predicted octanol–water partition coefficient (Wildman–Crippen LogP) is 2.18. The summed E-state index contributed by atoms with van der Waals surface area (Å²) in [5.74, 6) is 0.371. The Kier molecular flexibility index (Phi) is 4.93. The number of hydrogen-bond acceptors (Lipinski definition) is 5. The second-order valence-corrected chi connectivity index (χ2v) is 5.88. The number of rotatable bonds is 5. The Hall–Kier alpha value is -1.79. The minimum Gasteiger partial charge on any atom is -0.490 e. The van der Waals surface area contributed by atoms with Crippen LogP contribution in [0.3, 0.4) is 0 Å². The van der Waals surface area contributed by atoms with E-state index in [9.17, 15) is 0 Å². The minimum absolute atomic E-state index is 0.0807. The van der Waals surface area contributed by atoms with Crippen LogP contribution in [0.1, 0.15) is 37.5 Å². The maximum atomic E-state index is 8.81. The van der Waals surface area contributed by atoms with Gasteiger partial charge >= 0.3 is 0 Å². The molecule has 0 amide bonds. The summed E-state index contributed by atoms with van der Waals surface area (Å²) in [6, 6.07) is 3.73. The van der Waals surface area contributed by atoms with Gasteiger partial charge in [-0.3, -0.25) is 0 Å². The van der Waals surface area contributed by atoms with E-state index in [1.165, 1.54) is 0 Å². The van der Waals surface area contributed by atoms with Gasteiger partial charge in [0, 0.05) is 5.56 Å². The Bertz CT molecular complexity index is 570. The lowest BCUT2D eigenvalue weighted by Gasteiger charge is -2.19. The lowest BCUT2D eigenvalue weighted by Crippen LogP contribution is -2.25. The van der Waals surface area contributed by atoms with Crippen molar-refractivity contribution < 1.29 is 19.4 Å². The Morgan fingerprint density at radius 3 is 2.77 bits per heavy atom. The van der Waals surface area contributed by atoms with Crippen LogP contribution in [0, 0.1) is 6.92 Å². The van der Waals surface area contributed by atoms with Crippen molar-refractivity contribution in [2.75, 3.05) is 13.2 Å². The average Bonchev–Trinajstić information content (AvgIpc) is 2.83. The normalized spacial score (nSPS) is 21.1. The zero-order valence-corrected chi connectivity index (χ0v) is 13.5. The summed E-state index contributed by atoms with van der Waals surface area (Å²) in [7, 11) is 0. The molecule has 1 heterocycles. The highest BCUT2D eigenvalue weighted by molar-refractivity contribution is 5.97. The largest absolute Gasteiger partial charge is 0.490 e. The molecule has 0 aliphatic carbocycles. The topological polar surface area (TPSA) is 86.3 Å². The van der Waals surface area contributed by atoms with Crippen molar-refractivity contribution in [1.29, 1.82) is 0 Å². The number of nitrogens with zero attached hydrogens (tertiary/aromatic N) is 1. The molecule has 6 heteroatoms. The molecule has 0 aromatic heterocycles. The summed E-state index contributed by atoms with van der Waals surface area (Å²) in [5.41, 5.74) is 8.31. The molecule has 3 N–H and O–H groups in total. The fraction of sp³-hybridized carbons (Fsp3) is 0.562. The zero-order chi connectivity index (χ0) is 16.3. The molecule has 0 unspecified atom stereocenters. The van der Waals surface area contributed by atoms with Crippen molar-refractivity contribution in [2.45, 2.75) is 46.0 Å². The molecule has 1 aliphatic rings. The fourth-order valence-electron chi connectivity index (χ4n) is 2.54. The van der Waals surface area contributed by atoms with Gasteiger partial charge in [-0.05, 0) is 50.5 Å². The molecule has 1 aliphatic heterocycles. The highest BCUT2D eigenvalue weighted by Gasteiger charge is 2.33. The molecule has 1 aromatic carbocycles. The Labute approximate surface area is 130 Å². The number of amidine groups is 1. The van der Waals surface area contributed by atoms with Gasteiger partial charge in [0.2, 0.25) is 0 Å². The van der Waals surface area contributed by atoms with Crippen LogP contribution in [0.15, 0.2) is 17.3 Å². The highest BCUT2D eigenvalue weighted by atomic mass is 16.7. The van der Waals surface area contributed by atoms with Crippen LogP contribution in [-0.4, -0.2) is 36.1 Å². The van der Waals surface area contributed by atoms with Gasteiger partial charge in [-0.1, -0.05) is 12.1 Å². The van der Waals surface area contributed by atoms with Gasteiger partial charge in [-0.2, -0.15) is 0 Å². The van der Waals surface area contributed by atoms with Crippen LogP contribution in [-0.2, 0) is 15.9 Å². The van der Waals surface area contributed by atoms with Gasteiger partial charge in [0.05, 0.1) is 6.61 Å². The number of oxime groups is 1. The van der Waals surface area contributed by atoms with E-state index in [1.54, 1.807) is 0 Å². The number of hydrogen-bond donors (Lipinski definition) is 2. The van der Waals surface area contributed by atoms with Gasteiger partial charge in [0.25, 0.3) is 0 Å². The SMILES string of the molecule is CCc1cc(/C(N)=N/O)cc(C)c1OC[C@H]1COC(C)(C)O1. The average molecular weight is 308 g/mol. The van der Waals surface area contributed by atoms with Gasteiger partial charge in [-0.15, -0.1) is 0 Å². The van der Waals surface area contributed by atoms with E-state index in [1.807, 2.05) is 39.8 Å². The lowest BCUT2D eigenvalue weighted by atomic mass is 10.0. The second kappa shape index (κ2) is 6.54. The minimum atomic E-state index is -0.549. The molecule has 0 saturated carbocycles. The molecule has 6 nitrogen and oxygen atoms in total. The zero-order valence-electron chi connectivity index (χ0n) is 13.5. The van der Waals surface area contributed by atoms with Crippen molar-refractivity contribution in [2.24, 2.45) is 10.9 Å². The fourth-order valence-corrected chi connectivity index (χ4v) is 2.54. The smallest absolute Gasteiger partial charge is 0.170 e. The number of nitrogens with two attached hydrogens (primary N) is 1. The molecule has 2 rings (SSSR count). The maximum absolute atomic E-state index is 8.81. The number of benzene rings is 1. The summed E-state index contributed by atoms with van der Waals surface area (Å²) in [6.07, 6.45) is 0.707. The Morgan fingerprint density at radius 2 is 2.23 bits per heavy atom. The van der Waals surface area contributed by atoms with Crippen LogP contribution >= 0.6 is 0 Å². The third kappa shape index (κ3) is 3.69. The summed E-state index contributed by atoms with van der Waals surface area (Å²) in [6.45, 7) is 8.72. The van der Waals surface area contributed by atoms with Crippen molar-refractivity contribution in [3.63, 3.8) is 0 Å². The number of ether oxygens (including phenoxy) is 3. The van der Waals surface area contributed by atoms with Gasteiger partial charge in [0.15, 0.2) is 11.6 Å². The highest BCUT2D eigenvalue weighted by Crippen LogP contribution is 2.28. The third-order valence-electron chi connectivity index (χ3n) is 3.62. The van der Waals surface area contributed by atoms with E-state index in [-0.39, 0.29) is 11.9 Å². The second-order valence-electron chi connectivity index (χ2n) is 5.88. The molecule has 22 heavy (non-hydrogen) atoms. The molecule has 0 radical (unpaired) electrons. The van der Waals surface area contributed by atoms with E-state index in [0.29, 0.717) is 18.8 Å². The van der Waals surface area contributed by atoms with E-state index < -0.39 is 5.79 Å². The van der Waals surface area contributed by atoms with Crippen molar-refractivity contribution in [3.8, 4) is 5.75 Å². The first-order valence-electron chi connectivity index (χ1n) is 7.42. The molecular weight excluding hydrogens is 284 g/mol. The van der Waals surface area contributed by atoms with Crippen LogP contribution in [0.25, 0.3) is 0 Å². The standard InChI is InChI=1S/C16H24N2O4/c1-5-11-7-12(15(17)18-19)6-10(2)14(11)20-8-13-9-21-16(3,4)22-13/h6-7,13,19H,5,8-9H2,1-4H3,(H2,17,18)/t13-/m0/s1. The summed E-state index contributed by atoms with van der Waals surface area (Å²) in [4.78, 5) is 0. The van der Waals surface area contributed by atoms with Crippen molar-refractivity contribution in [1.82, 2.24) is 0 Å². The van der Waals surface area contributed by atoms with E-state index in [0.717, 1.165) is 23.3 Å². The summed E-state index contributed by atoms with van der Waals surface area (Å²) < 4.78 is 17.2. The van der Waals surface area contributed by atoms with Crippen LogP contribution in [0.2, 0.25) is 0 Å². The monoisotopic (exact) mass is 308 g/mol. The van der Waals surface area contributed by atoms with Gasteiger partial charge in [-0.25, -0.2) is 0 Å². The van der Waals surface area contributed by atoms with Gasteiger partial charge in [0.1, 0.15) is 18.5 Å². The first kappa shape index (κ1) is 16.6. The molecule has 0 bridgehead atoms. The first-order chi connectivity index (χ1) is 10.4. The van der Waals surface area contributed by atoms with Crippen LogP contribution in [0.4, 0.5) is 0 Å². The van der Waals surface area contributed by atoms with E-state index in [4.69, 9.17) is 25.2 Å². The van der Waals surface area contributed by atoms with Crippen molar-refractivity contribution >= 4 is 5.84 Å². The quantitative estimate of drug-likeness (QED) is 0.377. The predicted molar refractivity (Wildman–Crippen MR) is 83.5 cm³/mol. The molecule has 0 spiro atoms. The molecule has 1 atom stereocenters. The van der Waals surface area contributed by atoms with Crippen molar-refractivity contribution in [3.05, 3.63) is 28.8 Å². The molecular formula is C16H24N2O4. The lowest BCUT2D eigenvalue weighted by molar-refractivity contribution is -0.141. The van der Waals surface area contributed by atoms with Crippen LogP contribution < -0.4 is 10.5 Å². The number of aryl methyl sites for hydroxylation is 2. The molecule has 1 saturated heterocycles. The third-order valence-corrected chi connectivity index (χ3v) is 3.62. The van der Waals surface area contributed by atoms with E-state index in [2.05, 4.69) is 5.16 Å². The van der Waals surface area contributed by atoms with Gasteiger partial charge < -0.3 is 25.2 Å².